The molecule has 0 aliphatic carbocycles. The maximum Gasteiger partial charge on any atom is 0.211 e. The molecule has 0 amide bonds. The number of rotatable bonds is 2. The van der Waals surface area contributed by atoms with Crippen molar-refractivity contribution in [2.75, 3.05) is 0 Å². The van der Waals surface area contributed by atoms with Gasteiger partial charge in [0.2, 0.25) is 5.78 Å². The van der Waals surface area contributed by atoms with E-state index in [1.807, 2.05) is 37.3 Å². The number of pyridine rings is 1. The van der Waals surface area contributed by atoms with Crippen LogP contribution in [0.4, 0.5) is 0 Å². The first-order chi connectivity index (χ1) is 7.66. The van der Waals surface area contributed by atoms with E-state index in [4.69, 9.17) is 0 Å². The third-order valence-electron chi connectivity index (χ3n) is 2.25. The summed E-state index contributed by atoms with van der Waals surface area (Å²) < 4.78 is 1.12. The van der Waals surface area contributed by atoms with E-state index >= 15 is 0 Å². The van der Waals surface area contributed by atoms with Gasteiger partial charge >= 0.3 is 0 Å². The number of carbonyl (C=O) groups is 1. The zero-order chi connectivity index (χ0) is 11.5. The standard InChI is InChI=1S/C13H10INO/c1-9-6-7-15-12(8-9)13(16)10-2-4-11(14)5-3-10/h2-8H,1H3. The number of aromatic nitrogens is 1. The Hall–Kier alpha value is -1.23. The van der Waals surface area contributed by atoms with Crippen molar-refractivity contribution in [1.82, 2.24) is 4.98 Å². The number of ketones is 1. The van der Waals surface area contributed by atoms with E-state index in [1.54, 1.807) is 12.3 Å². The van der Waals surface area contributed by atoms with Gasteiger partial charge in [0.05, 0.1) is 0 Å². The maximum atomic E-state index is 12.0. The fourth-order valence-electron chi connectivity index (χ4n) is 1.41. The Bertz CT molecular complexity index is 520. The van der Waals surface area contributed by atoms with Crippen LogP contribution in [0.2, 0.25) is 0 Å². The first kappa shape index (κ1) is 11.3. The molecular weight excluding hydrogens is 313 g/mol. The third kappa shape index (κ3) is 2.47. The molecule has 0 aliphatic heterocycles. The van der Waals surface area contributed by atoms with E-state index < -0.39 is 0 Å². The minimum absolute atomic E-state index is 0.0277. The summed E-state index contributed by atoms with van der Waals surface area (Å²) in [6.07, 6.45) is 1.66. The number of halogens is 1. The van der Waals surface area contributed by atoms with Crippen LogP contribution in [0.3, 0.4) is 0 Å². The highest BCUT2D eigenvalue weighted by atomic mass is 127. The molecule has 3 heteroatoms. The van der Waals surface area contributed by atoms with Crippen LogP contribution in [0.25, 0.3) is 0 Å². The fourth-order valence-corrected chi connectivity index (χ4v) is 1.77. The van der Waals surface area contributed by atoms with Gasteiger partial charge in [0, 0.05) is 15.3 Å². The van der Waals surface area contributed by atoms with Crippen LogP contribution in [-0.4, -0.2) is 10.8 Å². The number of benzene rings is 1. The molecule has 0 saturated carbocycles. The number of hydrogen-bond acceptors (Lipinski definition) is 2. The van der Waals surface area contributed by atoms with Gasteiger partial charge in [-0.1, -0.05) is 0 Å². The van der Waals surface area contributed by atoms with Crippen molar-refractivity contribution in [3.63, 3.8) is 0 Å². The third-order valence-corrected chi connectivity index (χ3v) is 2.97. The van der Waals surface area contributed by atoms with Crippen molar-refractivity contribution in [1.29, 1.82) is 0 Å². The quantitative estimate of drug-likeness (QED) is 0.627. The molecule has 2 aromatic rings. The zero-order valence-electron chi connectivity index (χ0n) is 8.77. The van der Waals surface area contributed by atoms with Crippen molar-refractivity contribution < 1.29 is 4.79 Å². The summed E-state index contributed by atoms with van der Waals surface area (Å²) in [6.45, 7) is 1.95. The monoisotopic (exact) mass is 323 g/mol. The predicted molar refractivity (Wildman–Crippen MR) is 71.6 cm³/mol. The SMILES string of the molecule is Cc1ccnc(C(=O)c2ccc(I)cc2)c1. The van der Waals surface area contributed by atoms with Crippen molar-refractivity contribution >= 4 is 28.4 Å². The van der Waals surface area contributed by atoms with Crippen molar-refractivity contribution in [3.8, 4) is 0 Å². The molecule has 0 atom stereocenters. The van der Waals surface area contributed by atoms with Gasteiger partial charge in [-0.3, -0.25) is 9.78 Å². The second-order valence-electron chi connectivity index (χ2n) is 3.55. The van der Waals surface area contributed by atoms with Gasteiger partial charge in [-0.25, -0.2) is 0 Å². The number of hydrogen-bond donors (Lipinski definition) is 0. The largest absolute Gasteiger partial charge is 0.287 e. The Morgan fingerprint density at radius 3 is 2.50 bits per heavy atom. The average Bonchev–Trinajstić information content (AvgIpc) is 2.29. The van der Waals surface area contributed by atoms with E-state index in [2.05, 4.69) is 27.6 Å². The summed E-state index contributed by atoms with van der Waals surface area (Å²) in [4.78, 5) is 16.1. The highest BCUT2D eigenvalue weighted by Crippen LogP contribution is 2.11. The second-order valence-corrected chi connectivity index (χ2v) is 4.80. The lowest BCUT2D eigenvalue weighted by atomic mass is 10.1. The molecule has 0 aliphatic rings. The molecule has 1 heterocycles. The van der Waals surface area contributed by atoms with Gasteiger partial charge in [-0.15, -0.1) is 0 Å². The van der Waals surface area contributed by atoms with Crippen molar-refractivity contribution in [3.05, 3.63) is 63.0 Å². The van der Waals surface area contributed by atoms with Crippen LogP contribution in [0, 0.1) is 10.5 Å². The van der Waals surface area contributed by atoms with Crippen LogP contribution < -0.4 is 0 Å². The Balaban J connectivity index is 2.35. The molecule has 0 N–H and O–H groups in total. The number of nitrogens with zero attached hydrogens (tertiary/aromatic N) is 1. The first-order valence-corrected chi connectivity index (χ1v) is 5.97. The average molecular weight is 323 g/mol. The summed E-state index contributed by atoms with van der Waals surface area (Å²) in [5.74, 6) is -0.0277. The highest BCUT2D eigenvalue weighted by Gasteiger charge is 2.09. The predicted octanol–water partition coefficient (Wildman–Crippen LogP) is 3.23. The minimum atomic E-state index is -0.0277. The second kappa shape index (κ2) is 4.74. The lowest BCUT2D eigenvalue weighted by Crippen LogP contribution is -2.03. The Morgan fingerprint density at radius 1 is 1.19 bits per heavy atom. The van der Waals surface area contributed by atoms with Crippen LogP contribution >= 0.6 is 22.6 Å². The normalized spacial score (nSPS) is 10.1. The highest BCUT2D eigenvalue weighted by molar-refractivity contribution is 14.1. The molecule has 0 saturated heterocycles. The van der Waals surface area contributed by atoms with Crippen LogP contribution in [0.1, 0.15) is 21.6 Å². The fraction of sp³-hybridized carbons (Fsp3) is 0.0769. The van der Waals surface area contributed by atoms with Gasteiger partial charge in [0.15, 0.2) is 0 Å². The molecule has 16 heavy (non-hydrogen) atoms. The molecule has 80 valence electrons. The Kier molecular flexibility index (Phi) is 3.33. The molecule has 0 fully saturated rings. The van der Waals surface area contributed by atoms with Gasteiger partial charge in [0.1, 0.15) is 5.69 Å². The van der Waals surface area contributed by atoms with E-state index in [0.29, 0.717) is 11.3 Å². The lowest BCUT2D eigenvalue weighted by Gasteiger charge is -2.01. The molecule has 0 spiro atoms. The molecular formula is C13H10INO. The van der Waals surface area contributed by atoms with Gasteiger partial charge in [-0.05, 0) is 71.5 Å². The Labute approximate surface area is 108 Å². The van der Waals surface area contributed by atoms with E-state index in [-0.39, 0.29) is 5.78 Å². The topological polar surface area (TPSA) is 30.0 Å². The summed E-state index contributed by atoms with van der Waals surface area (Å²) in [6, 6.07) is 11.2. The molecule has 0 radical (unpaired) electrons. The molecule has 2 nitrogen and oxygen atoms in total. The summed E-state index contributed by atoms with van der Waals surface area (Å²) in [5.41, 5.74) is 2.23. The molecule has 1 aromatic heterocycles. The molecule has 0 bridgehead atoms. The summed E-state index contributed by atoms with van der Waals surface area (Å²) in [7, 11) is 0. The molecule has 1 aromatic carbocycles. The van der Waals surface area contributed by atoms with Crippen LogP contribution in [0.5, 0.6) is 0 Å². The smallest absolute Gasteiger partial charge is 0.211 e. The Morgan fingerprint density at radius 2 is 1.88 bits per heavy atom. The minimum Gasteiger partial charge on any atom is -0.287 e. The molecule has 0 unspecified atom stereocenters. The van der Waals surface area contributed by atoms with Gasteiger partial charge in [-0.2, -0.15) is 0 Å². The van der Waals surface area contributed by atoms with E-state index in [1.165, 1.54) is 0 Å². The number of aryl methyl sites for hydroxylation is 1. The summed E-state index contributed by atoms with van der Waals surface area (Å²) >= 11 is 2.21. The zero-order valence-corrected chi connectivity index (χ0v) is 10.9. The van der Waals surface area contributed by atoms with Crippen LogP contribution in [0.15, 0.2) is 42.6 Å². The van der Waals surface area contributed by atoms with E-state index in [9.17, 15) is 4.79 Å². The lowest BCUT2D eigenvalue weighted by molar-refractivity contribution is 0.103. The van der Waals surface area contributed by atoms with Gasteiger partial charge < -0.3 is 0 Å². The first-order valence-electron chi connectivity index (χ1n) is 4.90. The van der Waals surface area contributed by atoms with Crippen molar-refractivity contribution in [2.24, 2.45) is 0 Å². The van der Waals surface area contributed by atoms with Crippen molar-refractivity contribution in [2.45, 2.75) is 6.92 Å². The van der Waals surface area contributed by atoms with Gasteiger partial charge in [0.25, 0.3) is 0 Å². The van der Waals surface area contributed by atoms with E-state index in [0.717, 1.165) is 9.13 Å². The molecule has 2 rings (SSSR count). The number of carbonyl (C=O) groups excluding carboxylic acids is 1. The maximum absolute atomic E-state index is 12.0. The summed E-state index contributed by atoms with van der Waals surface area (Å²) in [5, 5.41) is 0. The van der Waals surface area contributed by atoms with Crippen LogP contribution in [-0.2, 0) is 0 Å².